The summed E-state index contributed by atoms with van der Waals surface area (Å²) >= 11 is 0. The third-order valence-electron chi connectivity index (χ3n) is 8.15. The Morgan fingerprint density at radius 3 is 2.72 bits per heavy atom. The second-order valence-corrected chi connectivity index (χ2v) is 14.0. The molecule has 250 valence electrons. The number of hydrogen-bond acceptors (Lipinski definition) is 10. The molecule has 2 aliphatic heterocycles. The lowest BCUT2D eigenvalue weighted by Gasteiger charge is -2.31. The first-order valence-corrected chi connectivity index (χ1v) is 16.9. The molecule has 5 atom stereocenters. The number of aromatic nitrogens is 1. The molecule has 0 spiro atoms. The molecular weight excluding hydrogens is 616 g/mol. The van der Waals surface area contributed by atoms with Gasteiger partial charge in [-0.05, 0) is 36.5 Å². The molecule has 1 amide bonds. The maximum Gasteiger partial charge on any atom is 0.407 e. The van der Waals surface area contributed by atoms with Gasteiger partial charge in [0.2, 0.25) is 10.0 Å². The number of ether oxygens (including phenoxy) is 3. The van der Waals surface area contributed by atoms with Crippen molar-refractivity contribution in [1.29, 1.82) is 0 Å². The summed E-state index contributed by atoms with van der Waals surface area (Å²) in [5.74, 6) is -0.315. The first-order chi connectivity index (χ1) is 22.1. The fourth-order valence-corrected chi connectivity index (χ4v) is 7.52. The Morgan fingerprint density at radius 2 is 1.98 bits per heavy atom. The zero-order chi connectivity index (χ0) is 32.8. The molecule has 0 aliphatic carbocycles. The molecule has 0 saturated carbocycles. The van der Waals surface area contributed by atoms with Gasteiger partial charge in [-0.15, -0.1) is 0 Å². The van der Waals surface area contributed by atoms with Gasteiger partial charge in [-0.25, -0.2) is 13.2 Å². The molecule has 13 nitrogen and oxygen atoms in total. The monoisotopic (exact) mass is 658 g/mol. The SMILES string of the molecule is CC(C)CN(C[C@@H](O)[C@H](Cc1ccccc1)NC(=O)O[C@H]1CO[C@@H]2OCC[C@@H]21)S(=O)(=O)c1ccc2c(C=NCCO)c(O)[nH]c2c1. The Morgan fingerprint density at radius 1 is 1.20 bits per heavy atom. The van der Waals surface area contributed by atoms with Gasteiger partial charge in [-0.2, -0.15) is 4.31 Å². The third kappa shape index (κ3) is 7.88. The molecule has 3 aromatic rings. The normalized spacial score (nSPS) is 21.3. The minimum Gasteiger partial charge on any atom is -0.494 e. The quantitative estimate of drug-likeness (QED) is 0.162. The highest BCUT2D eigenvalue weighted by molar-refractivity contribution is 7.89. The lowest BCUT2D eigenvalue weighted by Crippen LogP contribution is -2.51. The van der Waals surface area contributed by atoms with Crippen LogP contribution in [-0.2, 0) is 30.7 Å². The number of aliphatic imine (C=N–C) groups is 1. The van der Waals surface area contributed by atoms with Crippen molar-refractivity contribution < 1.29 is 42.7 Å². The number of benzene rings is 2. The number of rotatable bonds is 14. The summed E-state index contributed by atoms with van der Waals surface area (Å²) in [6, 6.07) is 12.9. The van der Waals surface area contributed by atoms with E-state index in [1.807, 2.05) is 44.2 Å². The molecule has 0 radical (unpaired) electrons. The molecule has 2 saturated heterocycles. The number of hydrogen-bond donors (Lipinski definition) is 5. The van der Waals surface area contributed by atoms with Crippen molar-refractivity contribution in [2.45, 2.75) is 56.1 Å². The van der Waals surface area contributed by atoms with E-state index in [9.17, 15) is 23.4 Å². The number of amides is 1. The molecular formula is C32H42N4O9S. The molecule has 0 bridgehead atoms. The minimum absolute atomic E-state index is 0.0329. The first kappa shape index (κ1) is 33.8. The average Bonchev–Trinajstić information content (AvgIpc) is 3.72. The van der Waals surface area contributed by atoms with E-state index in [1.54, 1.807) is 6.07 Å². The van der Waals surface area contributed by atoms with E-state index in [4.69, 9.17) is 19.3 Å². The van der Waals surface area contributed by atoms with Crippen LogP contribution in [0.1, 0.15) is 31.4 Å². The van der Waals surface area contributed by atoms with Crippen LogP contribution in [0.5, 0.6) is 5.88 Å². The van der Waals surface area contributed by atoms with Crippen molar-refractivity contribution >= 4 is 33.2 Å². The number of aromatic amines is 1. The predicted octanol–water partition coefficient (Wildman–Crippen LogP) is 2.39. The smallest absolute Gasteiger partial charge is 0.407 e. The topological polar surface area (TPSA) is 183 Å². The number of aliphatic hydroxyl groups excluding tert-OH is 2. The number of aromatic hydroxyl groups is 1. The van der Waals surface area contributed by atoms with Crippen LogP contribution >= 0.6 is 0 Å². The average molecular weight is 659 g/mol. The number of carbonyl (C=O) groups is 1. The van der Waals surface area contributed by atoms with Gasteiger partial charge in [0, 0.05) is 24.7 Å². The van der Waals surface area contributed by atoms with E-state index in [0.717, 1.165) is 5.56 Å². The minimum atomic E-state index is -4.14. The molecule has 5 rings (SSSR count). The van der Waals surface area contributed by atoms with Gasteiger partial charge in [0.1, 0.15) is 6.10 Å². The molecule has 14 heteroatoms. The standard InChI is InChI=1S/C32H42N4O9S/c1-20(2)17-36(46(41,42)22-8-9-23-25(16-33-11-12-37)30(39)34-26(23)15-22)18-28(38)27(14-21-6-4-3-5-7-21)35-32(40)45-29-19-44-31-24(29)10-13-43-31/h3-9,15-16,20,24,27-29,31,34,37-39H,10-14,17-19H2,1-2H3,(H,35,40)/t24-,27+,28-,29+,31+/m1/s1. The number of sulfonamides is 1. The van der Waals surface area contributed by atoms with Gasteiger partial charge in [0.15, 0.2) is 12.2 Å². The molecule has 46 heavy (non-hydrogen) atoms. The summed E-state index contributed by atoms with van der Waals surface area (Å²) in [7, 11) is -4.14. The predicted molar refractivity (Wildman–Crippen MR) is 170 cm³/mol. The second kappa shape index (κ2) is 14.9. The maximum atomic E-state index is 14.0. The highest BCUT2D eigenvalue weighted by atomic mass is 32.2. The van der Waals surface area contributed by atoms with E-state index in [2.05, 4.69) is 15.3 Å². The van der Waals surface area contributed by atoms with Crippen molar-refractivity contribution in [3.63, 3.8) is 0 Å². The Balaban J connectivity index is 1.36. The van der Waals surface area contributed by atoms with Crippen molar-refractivity contribution in [3.05, 3.63) is 59.7 Å². The van der Waals surface area contributed by atoms with Crippen molar-refractivity contribution in [1.82, 2.24) is 14.6 Å². The lowest BCUT2D eigenvalue weighted by atomic mass is 10.0. The van der Waals surface area contributed by atoms with Crippen LogP contribution in [0.4, 0.5) is 4.79 Å². The van der Waals surface area contributed by atoms with Gasteiger partial charge in [-0.1, -0.05) is 50.2 Å². The van der Waals surface area contributed by atoms with Gasteiger partial charge < -0.3 is 39.8 Å². The van der Waals surface area contributed by atoms with Gasteiger partial charge in [-0.3, -0.25) is 4.99 Å². The number of nitrogens with zero attached hydrogens (tertiary/aromatic N) is 2. The zero-order valence-corrected chi connectivity index (χ0v) is 26.7. The Bertz CT molecular complexity index is 1610. The van der Waals surface area contributed by atoms with Crippen LogP contribution in [0.2, 0.25) is 0 Å². The molecule has 2 aromatic carbocycles. The van der Waals surface area contributed by atoms with Crippen LogP contribution < -0.4 is 5.32 Å². The third-order valence-corrected chi connectivity index (χ3v) is 9.97. The maximum absolute atomic E-state index is 14.0. The van der Waals surface area contributed by atoms with Crippen molar-refractivity contribution in [2.24, 2.45) is 16.8 Å². The van der Waals surface area contributed by atoms with E-state index < -0.39 is 40.7 Å². The summed E-state index contributed by atoms with van der Waals surface area (Å²) in [4.78, 5) is 19.9. The summed E-state index contributed by atoms with van der Waals surface area (Å²) in [6.07, 6.45) is -0.525. The molecule has 0 unspecified atom stereocenters. The Hall–Kier alpha value is -3.53. The number of carbonyl (C=O) groups excluding carboxylic acids is 1. The van der Waals surface area contributed by atoms with Gasteiger partial charge in [0.25, 0.3) is 0 Å². The van der Waals surface area contributed by atoms with Crippen LogP contribution in [0, 0.1) is 11.8 Å². The fourth-order valence-electron chi connectivity index (χ4n) is 5.87. The fraction of sp³-hybridized carbons (Fsp3) is 0.500. The molecule has 1 aromatic heterocycles. The molecule has 3 heterocycles. The summed E-state index contributed by atoms with van der Waals surface area (Å²) in [5.41, 5.74) is 1.60. The van der Waals surface area contributed by atoms with Crippen molar-refractivity contribution in [2.75, 3.05) is 39.5 Å². The van der Waals surface area contributed by atoms with E-state index in [1.165, 1.54) is 22.7 Å². The highest BCUT2D eigenvalue weighted by Gasteiger charge is 2.44. The number of fused-ring (bicyclic) bond motifs is 2. The van der Waals surface area contributed by atoms with E-state index >= 15 is 0 Å². The summed E-state index contributed by atoms with van der Waals surface area (Å²) < 4.78 is 46.1. The van der Waals surface area contributed by atoms with Crippen LogP contribution in [0.3, 0.4) is 0 Å². The number of H-pyrrole nitrogens is 1. The molecule has 2 aliphatic rings. The van der Waals surface area contributed by atoms with Crippen LogP contribution in [0.25, 0.3) is 10.9 Å². The van der Waals surface area contributed by atoms with Crippen LogP contribution in [-0.4, -0.2) is 109 Å². The Kier molecular flexibility index (Phi) is 11.0. The van der Waals surface area contributed by atoms with Crippen molar-refractivity contribution in [3.8, 4) is 5.88 Å². The van der Waals surface area contributed by atoms with Gasteiger partial charge >= 0.3 is 6.09 Å². The first-order valence-electron chi connectivity index (χ1n) is 15.4. The summed E-state index contributed by atoms with van der Waals surface area (Å²) in [6.45, 7) is 4.33. The van der Waals surface area contributed by atoms with E-state index in [-0.39, 0.29) is 61.9 Å². The number of alkyl carbamates (subject to hydrolysis) is 1. The molecule has 5 N–H and O–H groups in total. The number of aliphatic hydroxyl groups is 2. The zero-order valence-electron chi connectivity index (χ0n) is 25.9. The lowest BCUT2D eigenvalue weighted by molar-refractivity contribution is -0.0907. The highest BCUT2D eigenvalue weighted by Crippen LogP contribution is 2.33. The second-order valence-electron chi connectivity index (χ2n) is 12.0. The van der Waals surface area contributed by atoms with Gasteiger partial charge in [0.05, 0.1) is 60.4 Å². The molecule has 2 fully saturated rings. The van der Waals surface area contributed by atoms with Crippen LogP contribution in [0.15, 0.2) is 58.4 Å². The van der Waals surface area contributed by atoms with E-state index in [0.29, 0.717) is 29.5 Å². The summed E-state index contributed by atoms with van der Waals surface area (Å²) in [5, 5.41) is 34.3. The largest absolute Gasteiger partial charge is 0.494 e. The Labute approximate surface area is 268 Å². The number of nitrogens with one attached hydrogen (secondary N) is 2.